The number of aryl methyl sites for hydroxylation is 1. The normalized spacial score (nSPS) is 17.9. The standard InChI is InChI=1S/C26H33NO4/c1-5-19-12-13-24-22(16-19)26(30-14-9-15-31-26)21-10-7-8-11-23(21)27(24)17-29-25(28)20(6-2)18(3)4/h7-8,10-13,16,18,20H,5-6,9,14-15,17H2,1-4H3. The molecule has 2 aromatic carbocycles. The Hall–Kier alpha value is -2.37. The van der Waals surface area contributed by atoms with Crippen LogP contribution >= 0.6 is 0 Å². The summed E-state index contributed by atoms with van der Waals surface area (Å²) in [7, 11) is 0. The number of anilines is 2. The van der Waals surface area contributed by atoms with E-state index in [0.717, 1.165) is 41.8 Å². The average molecular weight is 424 g/mol. The van der Waals surface area contributed by atoms with Crippen LogP contribution in [0, 0.1) is 11.8 Å². The molecular formula is C26H33NO4. The minimum Gasteiger partial charge on any atom is -0.444 e. The first-order valence-corrected chi connectivity index (χ1v) is 11.5. The van der Waals surface area contributed by atoms with Crippen molar-refractivity contribution in [2.24, 2.45) is 11.8 Å². The highest BCUT2D eigenvalue weighted by Crippen LogP contribution is 2.51. The van der Waals surface area contributed by atoms with Crippen LogP contribution < -0.4 is 4.90 Å². The van der Waals surface area contributed by atoms with E-state index in [9.17, 15) is 4.79 Å². The van der Waals surface area contributed by atoms with E-state index in [1.165, 1.54) is 5.56 Å². The molecule has 0 aromatic heterocycles. The fourth-order valence-corrected chi connectivity index (χ4v) is 4.69. The second-order valence-electron chi connectivity index (χ2n) is 8.67. The van der Waals surface area contributed by atoms with Crippen molar-refractivity contribution in [1.29, 1.82) is 0 Å². The molecule has 2 aliphatic heterocycles. The SMILES string of the molecule is CCc1ccc2c(c1)C1(OCCCO1)c1ccccc1N2COC(=O)C(CC)C(C)C. The van der Waals surface area contributed by atoms with Gasteiger partial charge in [0.05, 0.1) is 30.5 Å². The van der Waals surface area contributed by atoms with Gasteiger partial charge in [0, 0.05) is 11.1 Å². The van der Waals surface area contributed by atoms with Crippen LogP contribution in [0.1, 0.15) is 57.2 Å². The lowest BCUT2D eigenvalue weighted by Gasteiger charge is -2.46. The molecule has 2 aromatic rings. The molecule has 1 spiro atoms. The summed E-state index contributed by atoms with van der Waals surface area (Å²) in [5.74, 6) is -0.914. The van der Waals surface area contributed by atoms with Gasteiger partial charge in [-0.3, -0.25) is 4.79 Å². The van der Waals surface area contributed by atoms with E-state index < -0.39 is 5.79 Å². The molecule has 0 radical (unpaired) electrons. The summed E-state index contributed by atoms with van der Waals surface area (Å²) in [6.45, 7) is 9.75. The third-order valence-electron chi connectivity index (χ3n) is 6.45. The van der Waals surface area contributed by atoms with Crippen molar-refractivity contribution in [3.8, 4) is 0 Å². The zero-order chi connectivity index (χ0) is 22.0. The predicted octanol–water partition coefficient (Wildman–Crippen LogP) is 5.52. The molecule has 0 saturated carbocycles. The van der Waals surface area contributed by atoms with Crippen LogP contribution in [-0.2, 0) is 31.2 Å². The molecule has 2 heterocycles. The van der Waals surface area contributed by atoms with Gasteiger partial charge in [-0.25, -0.2) is 0 Å². The van der Waals surface area contributed by atoms with Crippen LogP contribution in [0.2, 0.25) is 0 Å². The number of esters is 1. The molecule has 5 heteroatoms. The smallest absolute Gasteiger partial charge is 0.310 e. The third-order valence-corrected chi connectivity index (χ3v) is 6.45. The molecule has 4 rings (SSSR count). The van der Waals surface area contributed by atoms with Crippen molar-refractivity contribution >= 4 is 17.3 Å². The third kappa shape index (κ3) is 3.85. The largest absolute Gasteiger partial charge is 0.444 e. The number of carbonyl (C=O) groups excluding carboxylic acids is 1. The Morgan fingerprint density at radius 3 is 2.45 bits per heavy atom. The number of carbonyl (C=O) groups is 1. The fourth-order valence-electron chi connectivity index (χ4n) is 4.69. The first kappa shape index (κ1) is 21.8. The number of hydrogen-bond donors (Lipinski definition) is 0. The summed E-state index contributed by atoms with van der Waals surface area (Å²) in [5.41, 5.74) is 5.08. The van der Waals surface area contributed by atoms with Crippen LogP contribution in [0.15, 0.2) is 42.5 Å². The van der Waals surface area contributed by atoms with Crippen LogP contribution in [-0.4, -0.2) is 25.9 Å². The average Bonchev–Trinajstić information content (AvgIpc) is 2.80. The first-order chi connectivity index (χ1) is 15.0. The number of ether oxygens (including phenoxy) is 3. The summed E-state index contributed by atoms with van der Waals surface area (Å²) in [6.07, 6.45) is 2.57. The Kier molecular flexibility index (Phi) is 6.35. The van der Waals surface area contributed by atoms with Gasteiger partial charge >= 0.3 is 5.97 Å². The Labute approximate surface area is 185 Å². The number of hydrogen-bond acceptors (Lipinski definition) is 5. The Balaban J connectivity index is 1.76. The fraction of sp³-hybridized carbons (Fsp3) is 0.500. The van der Waals surface area contributed by atoms with Crippen LogP contribution in [0.5, 0.6) is 0 Å². The molecular weight excluding hydrogens is 390 g/mol. The Morgan fingerprint density at radius 1 is 1.06 bits per heavy atom. The molecule has 31 heavy (non-hydrogen) atoms. The van der Waals surface area contributed by atoms with Gasteiger partial charge < -0.3 is 19.1 Å². The Morgan fingerprint density at radius 2 is 1.77 bits per heavy atom. The molecule has 5 nitrogen and oxygen atoms in total. The summed E-state index contributed by atoms with van der Waals surface area (Å²) in [6, 6.07) is 14.5. The predicted molar refractivity (Wildman–Crippen MR) is 121 cm³/mol. The van der Waals surface area contributed by atoms with Crippen molar-refractivity contribution in [3.05, 3.63) is 59.2 Å². The number of para-hydroxylation sites is 1. The first-order valence-electron chi connectivity index (χ1n) is 11.5. The minimum atomic E-state index is -0.917. The molecule has 1 fully saturated rings. The van der Waals surface area contributed by atoms with Crippen molar-refractivity contribution in [3.63, 3.8) is 0 Å². The van der Waals surface area contributed by atoms with Crippen molar-refractivity contribution in [1.82, 2.24) is 0 Å². The lowest BCUT2D eigenvalue weighted by molar-refractivity contribution is -0.249. The van der Waals surface area contributed by atoms with Gasteiger partial charge in [0.2, 0.25) is 5.79 Å². The van der Waals surface area contributed by atoms with Gasteiger partial charge in [0.15, 0.2) is 6.73 Å². The number of nitrogens with zero attached hydrogens (tertiary/aromatic N) is 1. The Bertz CT molecular complexity index is 933. The molecule has 2 aliphatic rings. The molecule has 166 valence electrons. The molecule has 0 N–H and O–H groups in total. The molecule has 0 amide bonds. The summed E-state index contributed by atoms with van der Waals surface area (Å²) >= 11 is 0. The monoisotopic (exact) mass is 423 g/mol. The number of rotatable bonds is 6. The van der Waals surface area contributed by atoms with E-state index in [1.54, 1.807) is 0 Å². The van der Waals surface area contributed by atoms with Crippen LogP contribution in [0.4, 0.5) is 11.4 Å². The quantitative estimate of drug-likeness (QED) is 0.573. The lowest BCUT2D eigenvalue weighted by atomic mass is 9.87. The maximum Gasteiger partial charge on any atom is 0.310 e. The van der Waals surface area contributed by atoms with Gasteiger partial charge in [-0.1, -0.05) is 52.0 Å². The highest BCUT2D eigenvalue weighted by molar-refractivity contribution is 5.78. The molecule has 0 bridgehead atoms. The summed E-state index contributed by atoms with van der Waals surface area (Å²) in [5, 5.41) is 0. The zero-order valence-electron chi connectivity index (χ0n) is 19.0. The topological polar surface area (TPSA) is 48.0 Å². The highest BCUT2D eigenvalue weighted by atomic mass is 16.7. The van der Waals surface area contributed by atoms with Gasteiger partial charge in [-0.05, 0) is 48.9 Å². The van der Waals surface area contributed by atoms with Gasteiger partial charge in [-0.2, -0.15) is 0 Å². The van der Waals surface area contributed by atoms with E-state index in [-0.39, 0.29) is 24.5 Å². The zero-order valence-corrected chi connectivity index (χ0v) is 19.0. The maximum absolute atomic E-state index is 12.8. The van der Waals surface area contributed by atoms with Crippen molar-refractivity contribution in [2.45, 2.75) is 52.7 Å². The van der Waals surface area contributed by atoms with Gasteiger partial charge in [0.25, 0.3) is 0 Å². The van der Waals surface area contributed by atoms with Gasteiger partial charge in [-0.15, -0.1) is 0 Å². The molecule has 1 atom stereocenters. The van der Waals surface area contributed by atoms with Crippen LogP contribution in [0.3, 0.4) is 0 Å². The van der Waals surface area contributed by atoms with Crippen molar-refractivity contribution < 1.29 is 19.0 Å². The van der Waals surface area contributed by atoms with E-state index >= 15 is 0 Å². The van der Waals surface area contributed by atoms with E-state index in [0.29, 0.717) is 13.2 Å². The second-order valence-corrected chi connectivity index (χ2v) is 8.67. The van der Waals surface area contributed by atoms with E-state index in [4.69, 9.17) is 14.2 Å². The molecule has 1 saturated heterocycles. The maximum atomic E-state index is 12.8. The molecule has 1 unspecified atom stereocenters. The van der Waals surface area contributed by atoms with Crippen LogP contribution in [0.25, 0.3) is 0 Å². The second kappa shape index (κ2) is 9.01. The minimum absolute atomic E-state index is 0.0988. The lowest BCUT2D eigenvalue weighted by Crippen LogP contribution is -2.45. The number of benzene rings is 2. The van der Waals surface area contributed by atoms with E-state index in [2.05, 4.69) is 49.9 Å². The molecule has 0 aliphatic carbocycles. The van der Waals surface area contributed by atoms with Crippen molar-refractivity contribution in [2.75, 3.05) is 24.8 Å². The van der Waals surface area contributed by atoms with Gasteiger partial charge in [0.1, 0.15) is 0 Å². The number of fused-ring (bicyclic) bond motifs is 4. The van der Waals surface area contributed by atoms with E-state index in [1.807, 2.05) is 25.1 Å². The highest BCUT2D eigenvalue weighted by Gasteiger charge is 2.47. The summed E-state index contributed by atoms with van der Waals surface area (Å²) < 4.78 is 18.6. The summed E-state index contributed by atoms with van der Waals surface area (Å²) in [4.78, 5) is 14.9.